The van der Waals surface area contributed by atoms with Crippen LogP contribution in [0.5, 0.6) is 5.75 Å². The summed E-state index contributed by atoms with van der Waals surface area (Å²) in [6.07, 6.45) is 2.41. The lowest BCUT2D eigenvalue weighted by molar-refractivity contribution is 0.306. The summed E-state index contributed by atoms with van der Waals surface area (Å²) in [6, 6.07) is 13.6. The first-order valence-electron chi connectivity index (χ1n) is 10.5. The third-order valence-corrected chi connectivity index (χ3v) is 5.78. The number of hydrogen-bond donors (Lipinski definition) is 1. The molecule has 0 fully saturated rings. The fourth-order valence-electron chi connectivity index (χ4n) is 3.65. The Labute approximate surface area is 194 Å². The molecule has 0 unspecified atom stereocenters. The van der Waals surface area contributed by atoms with E-state index in [9.17, 15) is 0 Å². The molecule has 0 atom stereocenters. The van der Waals surface area contributed by atoms with Crippen LogP contribution in [0.4, 0.5) is 0 Å². The zero-order valence-corrected chi connectivity index (χ0v) is 18.9. The van der Waals surface area contributed by atoms with Crippen molar-refractivity contribution in [2.45, 2.75) is 33.4 Å². The van der Waals surface area contributed by atoms with Crippen LogP contribution >= 0.6 is 11.6 Å². The van der Waals surface area contributed by atoms with Gasteiger partial charge in [0, 0.05) is 22.6 Å². The molecule has 3 aromatic heterocycles. The summed E-state index contributed by atoms with van der Waals surface area (Å²) >= 11 is 6.42. The van der Waals surface area contributed by atoms with Gasteiger partial charge in [0.05, 0.1) is 12.2 Å². The van der Waals surface area contributed by atoms with E-state index in [1.54, 1.807) is 12.4 Å². The molecule has 3 heterocycles. The van der Waals surface area contributed by atoms with Crippen LogP contribution in [-0.2, 0) is 19.6 Å². The van der Waals surface area contributed by atoms with Gasteiger partial charge in [0.1, 0.15) is 30.0 Å². The topological polar surface area (TPSA) is 107 Å². The van der Waals surface area contributed by atoms with E-state index in [-0.39, 0.29) is 0 Å². The Morgan fingerprint density at radius 3 is 2.67 bits per heavy atom. The SMILES string of the molecule is CCc1nc2c(C)ncnc2n1Cc1ccc(OCc2ccc(-c3nn[nH]n3)cc2Cl)cc1. The summed E-state index contributed by atoms with van der Waals surface area (Å²) in [7, 11) is 0. The van der Waals surface area contributed by atoms with E-state index >= 15 is 0 Å². The van der Waals surface area contributed by atoms with Gasteiger partial charge < -0.3 is 9.30 Å². The quantitative estimate of drug-likeness (QED) is 0.388. The van der Waals surface area contributed by atoms with Crippen LogP contribution in [0.3, 0.4) is 0 Å². The summed E-state index contributed by atoms with van der Waals surface area (Å²) < 4.78 is 8.09. The number of H-pyrrole nitrogens is 1. The van der Waals surface area contributed by atoms with Gasteiger partial charge in [0.15, 0.2) is 5.65 Å². The van der Waals surface area contributed by atoms with Crippen LogP contribution in [-0.4, -0.2) is 40.1 Å². The molecule has 0 saturated heterocycles. The minimum atomic E-state index is 0.354. The van der Waals surface area contributed by atoms with Crippen molar-refractivity contribution in [3.05, 3.63) is 76.5 Å². The molecule has 1 N–H and O–H groups in total. The molecular weight excluding hydrogens is 440 g/mol. The van der Waals surface area contributed by atoms with Gasteiger partial charge in [-0.3, -0.25) is 0 Å². The van der Waals surface area contributed by atoms with Crippen molar-refractivity contribution < 1.29 is 4.74 Å². The summed E-state index contributed by atoms with van der Waals surface area (Å²) in [5, 5.41) is 14.5. The van der Waals surface area contributed by atoms with Gasteiger partial charge in [0.2, 0.25) is 5.82 Å². The second-order valence-corrected chi connectivity index (χ2v) is 7.98. The van der Waals surface area contributed by atoms with Crippen LogP contribution in [0.25, 0.3) is 22.6 Å². The monoisotopic (exact) mass is 460 g/mol. The van der Waals surface area contributed by atoms with E-state index in [4.69, 9.17) is 21.3 Å². The number of hydrogen-bond acceptors (Lipinski definition) is 7. The lowest BCUT2D eigenvalue weighted by atomic mass is 10.1. The minimum Gasteiger partial charge on any atom is -0.489 e. The number of aromatic nitrogens is 8. The van der Waals surface area contributed by atoms with E-state index in [0.717, 1.165) is 51.5 Å². The third kappa shape index (κ3) is 4.27. The van der Waals surface area contributed by atoms with Crippen molar-refractivity contribution in [3.63, 3.8) is 0 Å². The van der Waals surface area contributed by atoms with Gasteiger partial charge in [-0.1, -0.05) is 42.8 Å². The molecule has 5 aromatic rings. The lowest BCUT2D eigenvalue weighted by Crippen LogP contribution is -2.05. The van der Waals surface area contributed by atoms with E-state index in [1.807, 2.05) is 31.2 Å². The molecule has 0 amide bonds. The molecule has 0 spiro atoms. The number of tetrazole rings is 1. The Morgan fingerprint density at radius 2 is 1.94 bits per heavy atom. The number of nitrogens with zero attached hydrogens (tertiary/aromatic N) is 7. The molecule has 0 aliphatic heterocycles. The molecule has 2 aromatic carbocycles. The summed E-state index contributed by atoms with van der Waals surface area (Å²) in [5.74, 6) is 2.26. The highest BCUT2D eigenvalue weighted by Crippen LogP contribution is 2.25. The molecule has 0 saturated carbocycles. The first kappa shape index (κ1) is 21.0. The van der Waals surface area contributed by atoms with Crippen LogP contribution in [0.2, 0.25) is 5.02 Å². The predicted molar refractivity (Wildman–Crippen MR) is 124 cm³/mol. The Bertz CT molecular complexity index is 1400. The van der Waals surface area contributed by atoms with Gasteiger partial charge in [-0.05, 0) is 35.9 Å². The summed E-state index contributed by atoms with van der Waals surface area (Å²) in [4.78, 5) is 13.4. The first-order chi connectivity index (χ1) is 16.1. The highest BCUT2D eigenvalue weighted by Gasteiger charge is 2.13. The number of fused-ring (bicyclic) bond motifs is 1. The van der Waals surface area contributed by atoms with E-state index in [1.165, 1.54) is 0 Å². The van der Waals surface area contributed by atoms with Crippen molar-refractivity contribution in [1.82, 2.24) is 40.1 Å². The molecule has 10 heteroatoms. The van der Waals surface area contributed by atoms with Gasteiger partial charge in [-0.25, -0.2) is 15.0 Å². The Hall–Kier alpha value is -3.85. The van der Waals surface area contributed by atoms with Crippen molar-refractivity contribution in [3.8, 4) is 17.1 Å². The smallest absolute Gasteiger partial charge is 0.204 e. The van der Waals surface area contributed by atoms with Gasteiger partial charge >= 0.3 is 0 Å². The maximum atomic E-state index is 6.42. The van der Waals surface area contributed by atoms with Crippen LogP contribution in [0, 0.1) is 6.92 Å². The van der Waals surface area contributed by atoms with E-state index < -0.39 is 0 Å². The lowest BCUT2D eigenvalue weighted by Gasteiger charge is -2.11. The zero-order chi connectivity index (χ0) is 22.8. The molecule has 5 rings (SSSR count). The van der Waals surface area contributed by atoms with Crippen molar-refractivity contribution >= 4 is 22.8 Å². The molecule has 0 radical (unpaired) electrons. The molecular formula is C23H21ClN8O. The standard InChI is InChI=1S/C23H21ClN8O/c1-3-20-27-21-14(2)25-13-26-23(21)32(20)11-15-4-8-18(9-5-15)33-12-17-7-6-16(10-19(17)24)22-28-30-31-29-22/h4-10,13H,3,11-12H2,1-2H3,(H,28,29,30,31). The van der Waals surface area contributed by atoms with Crippen LogP contribution < -0.4 is 4.74 Å². The molecule has 0 aliphatic rings. The number of halogens is 1. The summed E-state index contributed by atoms with van der Waals surface area (Å²) in [6.45, 7) is 5.09. The average molecular weight is 461 g/mol. The highest BCUT2D eigenvalue weighted by atomic mass is 35.5. The maximum absolute atomic E-state index is 6.42. The number of ether oxygens (including phenoxy) is 1. The van der Waals surface area contributed by atoms with Crippen molar-refractivity contribution in [2.24, 2.45) is 0 Å². The van der Waals surface area contributed by atoms with Crippen molar-refractivity contribution in [2.75, 3.05) is 0 Å². The van der Waals surface area contributed by atoms with Crippen molar-refractivity contribution in [1.29, 1.82) is 0 Å². The molecule has 166 valence electrons. The largest absolute Gasteiger partial charge is 0.489 e. The molecule has 9 nitrogen and oxygen atoms in total. The zero-order valence-electron chi connectivity index (χ0n) is 18.2. The van der Waals surface area contributed by atoms with Gasteiger partial charge in [-0.15, -0.1) is 10.2 Å². The molecule has 33 heavy (non-hydrogen) atoms. The Balaban J connectivity index is 1.28. The third-order valence-electron chi connectivity index (χ3n) is 5.43. The normalized spacial score (nSPS) is 11.2. The minimum absolute atomic E-state index is 0.354. The van der Waals surface area contributed by atoms with E-state index in [0.29, 0.717) is 24.0 Å². The molecule has 0 aliphatic carbocycles. The number of nitrogens with one attached hydrogen (secondary N) is 1. The number of aromatic amines is 1. The second-order valence-electron chi connectivity index (χ2n) is 7.57. The second kappa shape index (κ2) is 8.95. The van der Waals surface area contributed by atoms with Gasteiger partial charge in [-0.2, -0.15) is 5.21 Å². The predicted octanol–water partition coefficient (Wildman–Crippen LogP) is 4.16. The fraction of sp³-hybridized carbons (Fsp3) is 0.217. The Kier molecular flexibility index (Phi) is 5.70. The van der Waals surface area contributed by atoms with E-state index in [2.05, 4.69) is 54.2 Å². The number of aryl methyl sites for hydroxylation is 2. The highest BCUT2D eigenvalue weighted by molar-refractivity contribution is 6.31. The number of rotatable bonds is 7. The van der Waals surface area contributed by atoms with Crippen LogP contribution in [0.1, 0.15) is 29.6 Å². The van der Waals surface area contributed by atoms with Crippen LogP contribution in [0.15, 0.2) is 48.8 Å². The number of imidazole rings is 1. The fourth-order valence-corrected chi connectivity index (χ4v) is 3.89. The molecule has 0 bridgehead atoms. The summed E-state index contributed by atoms with van der Waals surface area (Å²) in [5.41, 5.74) is 5.41. The van der Waals surface area contributed by atoms with Gasteiger partial charge in [0.25, 0.3) is 0 Å². The number of benzene rings is 2. The first-order valence-corrected chi connectivity index (χ1v) is 10.9. The average Bonchev–Trinajstić information content (AvgIpc) is 3.49. The Morgan fingerprint density at radius 1 is 1.09 bits per heavy atom. The maximum Gasteiger partial charge on any atom is 0.204 e.